The van der Waals surface area contributed by atoms with Crippen molar-refractivity contribution >= 4 is 5.97 Å². The quantitative estimate of drug-likeness (QED) is 0.604. The summed E-state index contributed by atoms with van der Waals surface area (Å²) >= 11 is 0. The Morgan fingerprint density at radius 1 is 1.23 bits per heavy atom. The van der Waals surface area contributed by atoms with Crippen LogP contribution in [0.5, 0.6) is 5.75 Å². The summed E-state index contributed by atoms with van der Waals surface area (Å²) in [6.07, 6.45) is 3.28. The third kappa shape index (κ3) is 3.61. The molecule has 0 unspecified atom stereocenters. The van der Waals surface area contributed by atoms with E-state index in [1.165, 1.54) is 0 Å². The third-order valence-electron chi connectivity index (χ3n) is 3.80. The van der Waals surface area contributed by atoms with Crippen molar-refractivity contribution in [2.75, 3.05) is 13.2 Å². The van der Waals surface area contributed by atoms with Crippen molar-refractivity contribution in [1.29, 1.82) is 0 Å². The van der Waals surface area contributed by atoms with Crippen LogP contribution in [0, 0.1) is 6.92 Å². The van der Waals surface area contributed by atoms with Gasteiger partial charge in [-0.3, -0.25) is 0 Å². The minimum absolute atomic E-state index is 0.241. The average molecular weight is 355 g/mol. The van der Waals surface area contributed by atoms with Gasteiger partial charge in [-0.2, -0.15) is 0 Å². The van der Waals surface area contributed by atoms with Crippen LogP contribution in [0.1, 0.15) is 35.9 Å². The molecule has 0 aliphatic carbocycles. The van der Waals surface area contributed by atoms with Gasteiger partial charge >= 0.3 is 5.97 Å². The van der Waals surface area contributed by atoms with Crippen LogP contribution in [0.4, 0.5) is 0 Å². The molecule has 0 N–H and O–H groups in total. The lowest BCUT2D eigenvalue weighted by atomic mass is 10.2. The van der Waals surface area contributed by atoms with Crippen LogP contribution >= 0.6 is 0 Å². The summed E-state index contributed by atoms with van der Waals surface area (Å²) in [4.78, 5) is 20.6. The number of aryl methyl sites for hydroxylation is 1. The number of oxazole rings is 1. The molecular weight excluding hydrogens is 334 g/mol. The summed E-state index contributed by atoms with van der Waals surface area (Å²) in [5, 5.41) is 0. The number of imidazole rings is 1. The Bertz CT molecular complexity index is 898. The zero-order chi connectivity index (χ0) is 18.5. The highest BCUT2D eigenvalue weighted by Gasteiger charge is 2.19. The van der Waals surface area contributed by atoms with E-state index in [0.29, 0.717) is 31.4 Å². The van der Waals surface area contributed by atoms with Gasteiger partial charge in [0.05, 0.1) is 25.3 Å². The van der Waals surface area contributed by atoms with E-state index in [-0.39, 0.29) is 5.82 Å². The Balaban J connectivity index is 1.89. The highest BCUT2D eigenvalue weighted by molar-refractivity contribution is 5.85. The summed E-state index contributed by atoms with van der Waals surface area (Å²) in [6.45, 7) is 6.75. The van der Waals surface area contributed by atoms with Crippen molar-refractivity contribution in [1.82, 2.24) is 14.5 Å². The molecule has 0 bridgehead atoms. The van der Waals surface area contributed by atoms with E-state index >= 15 is 0 Å². The van der Waals surface area contributed by atoms with Crippen LogP contribution in [0.3, 0.4) is 0 Å². The maximum atomic E-state index is 12.0. The molecule has 136 valence electrons. The van der Waals surface area contributed by atoms with E-state index in [1.54, 1.807) is 23.9 Å². The van der Waals surface area contributed by atoms with Crippen molar-refractivity contribution in [3.8, 4) is 17.2 Å². The van der Waals surface area contributed by atoms with Gasteiger partial charge in [0.25, 0.3) is 0 Å². The minimum atomic E-state index is -0.458. The number of nitrogens with zero attached hydrogens (tertiary/aromatic N) is 3. The lowest BCUT2D eigenvalue weighted by molar-refractivity contribution is 0.0507. The van der Waals surface area contributed by atoms with Crippen molar-refractivity contribution in [3.05, 3.63) is 53.9 Å². The monoisotopic (exact) mass is 355 g/mol. The molecule has 0 aliphatic heterocycles. The molecule has 7 heteroatoms. The summed E-state index contributed by atoms with van der Waals surface area (Å²) in [6, 6.07) is 7.60. The Kier molecular flexibility index (Phi) is 5.36. The zero-order valence-electron chi connectivity index (χ0n) is 15.1. The number of carbonyl (C=O) groups excluding carboxylic acids is 1. The van der Waals surface area contributed by atoms with E-state index in [9.17, 15) is 4.79 Å². The molecule has 26 heavy (non-hydrogen) atoms. The second-order valence-electron chi connectivity index (χ2n) is 5.55. The molecule has 1 aromatic carbocycles. The van der Waals surface area contributed by atoms with Crippen LogP contribution in [-0.2, 0) is 11.3 Å². The first-order valence-electron chi connectivity index (χ1n) is 8.50. The molecule has 3 aromatic rings. The second-order valence-corrected chi connectivity index (χ2v) is 5.55. The average Bonchev–Trinajstić information content (AvgIpc) is 3.23. The molecule has 0 aliphatic rings. The summed E-state index contributed by atoms with van der Waals surface area (Å²) in [5.41, 5.74) is 1.51. The molecule has 0 spiro atoms. The Morgan fingerprint density at radius 3 is 2.81 bits per heavy atom. The number of para-hydroxylation sites is 1. The Labute approximate surface area is 151 Å². The van der Waals surface area contributed by atoms with Crippen LogP contribution < -0.4 is 4.74 Å². The number of carbonyl (C=O) groups is 1. The number of esters is 1. The molecule has 3 rings (SSSR count). The van der Waals surface area contributed by atoms with Crippen LogP contribution in [-0.4, -0.2) is 33.7 Å². The number of hydrogen-bond donors (Lipinski definition) is 0. The summed E-state index contributed by atoms with van der Waals surface area (Å²) < 4.78 is 18.2. The van der Waals surface area contributed by atoms with Crippen LogP contribution in [0.15, 0.2) is 41.1 Å². The zero-order valence-corrected chi connectivity index (χ0v) is 15.1. The van der Waals surface area contributed by atoms with Crippen molar-refractivity contribution in [3.63, 3.8) is 0 Å². The number of rotatable bonds is 7. The van der Waals surface area contributed by atoms with Gasteiger partial charge in [-0.15, -0.1) is 0 Å². The molecule has 0 amide bonds. The van der Waals surface area contributed by atoms with Gasteiger partial charge in [0, 0.05) is 12.4 Å². The Morgan fingerprint density at radius 2 is 2.04 bits per heavy atom. The first kappa shape index (κ1) is 17.7. The predicted molar refractivity (Wildman–Crippen MR) is 95.1 cm³/mol. The van der Waals surface area contributed by atoms with E-state index in [2.05, 4.69) is 9.97 Å². The van der Waals surface area contributed by atoms with E-state index < -0.39 is 5.97 Å². The smallest absolute Gasteiger partial charge is 0.374 e. The fraction of sp³-hybridized carbons (Fsp3) is 0.316. The van der Waals surface area contributed by atoms with Gasteiger partial charge in [-0.25, -0.2) is 14.8 Å². The lowest BCUT2D eigenvalue weighted by Crippen LogP contribution is -2.14. The van der Waals surface area contributed by atoms with Crippen molar-refractivity contribution < 1.29 is 18.7 Å². The summed E-state index contributed by atoms with van der Waals surface area (Å²) in [5.74, 6) is 1.66. The van der Waals surface area contributed by atoms with Crippen LogP contribution in [0.2, 0.25) is 0 Å². The molecule has 2 aromatic heterocycles. The highest BCUT2D eigenvalue weighted by atomic mass is 16.5. The second kappa shape index (κ2) is 7.86. The van der Waals surface area contributed by atoms with E-state index in [0.717, 1.165) is 17.0 Å². The number of aromatic nitrogens is 3. The normalized spacial score (nSPS) is 10.7. The molecule has 0 radical (unpaired) electrons. The SMILES string of the molecule is CCOC(=O)c1nccn1Cc1nc(-c2ccccc2OCC)oc1C. The molecule has 2 heterocycles. The van der Waals surface area contributed by atoms with E-state index in [1.807, 2.05) is 38.1 Å². The van der Waals surface area contributed by atoms with Gasteiger partial charge in [-0.05, 0) is 32.9 Å². The minimum Gasteiger partial charge on any atom is -0.493 e. The maximum absolute atomic E-state index is 12.0. The highest BCUT2D eigenvalue weighted by Crippen LogP contribution is 2.30. The van der Waals surface area contributed by atoms with Gasteiger partial charge in [0.15, 0.2) is 0 Å². The van der Waals surface area contributed by atoms with Crippen molar-refractivity contribution in [2.24, 2.45) is 0 Å². The molecular formula is C19H21N3O4. The maximum Gasteiger partial charge on any atom is 0.374 e. The van der Waals surface area contributed by atoms with Crippen LogP contribution in [0.25, 0.3) is 11.5 Å². The van der Waals surface area contributed by atoms with Gasteiger partial charge < -0.3 is 18.5 Å². The molecule has 0 fully saturated rings. The molecule has 0 saturated carbocycles. The topological polar surface area (TPSA) is 79.4 Å². The lowest BCUT2D eigenvalue weighted by Gasteiger charge is -2.06. The number of hydrogen-bond acceptors (Lipinski definition) is 6. The Hall–Kier alpha value is -3.09. The fourth-order valence-corrected chi connectivity index (χ4v) is 2.60. The largest absolute Gasteiger partial charge is 0.493 e. The third-order valence-corrected chi connectivity index (χ3v) is 3.80. The predicted octanol–water partition coefficient (Wildman–Crippen LogP) is 3.47. The van der Waals surface area contributed by atoms with Crippen molar-refractivity contribution in [2.45, 2.75) is 27.3 Å². The van der Waals surface area contributed by atoms with E-state index in [4.69, 9.17) is 13.9 Å². The first-order chi connectivity index (χ1) is 12.6. The molecule has 7 nitrogen and oxygen atoms in total. The fourth-order valence-electron chi connectivity index (χ4n) is 2.60. The standard InChI is InChI=1S/C19H21N3O4/c1-4-24-16-9-7-6-8-14(16)18-21-15(13(3)26-18)12-22-11-10-20-17(22)19(23)25-5-2/h6-11H,4-5,12H2,1-3H3. The molecule has 0 atom stereocenters. The first-order valence-corrected chi connectivity index (χ1v) is 8.50. The molecule has 0 saturated heterocycles. The van der Waals surface area contributed by atoms with Gasteiger partial charge in [0.1, 0.15) is 17.2 Å². The van der Waals surface area contributed by atoms with Gasteiger partial charge in [0.2, 0.25) is 11.7 Å². The number of benzene rings is 1. The number of ether oxygens (including phenoxy) is 2. The van der Waals surface area contributed by atoms with Gasteiger partial charge in [-0.1, -0.05) is 12.1 Å². The summed E-state index contributed by atoms with van der Waals surface area (Å²) in [7, 11) is 0.